The van der Waals surface area contributed by atoms with Crippen molar-refractivity contribution >= 4 is 29.0 Å². The second-order valence-electron chi connectivity index (χ2n) is 4.70. The summed E-state index contributed by atoms with van der Waals surface area (Å²) in [6.45, 7) is 1.75. The Hall–Kier alpha value is -2.54. The monoisotopic (exact) mass is 332 g/mol. The fraction of sp³-hybridized carbons (Fsp3) is 0.188. The van der Waals surface area contributed by atoms with Crippen molar-refractivity contribution in [1.29, 1.82) is 0 Å². The lowest BCUT2D eigenvalue weighted by Crippen LogP contribution is -2.22. The van der Waals surface area contributed by atoms with Crippen LogP contribution in [0.5, 0.6) is 5.75 Å². The average molecular weight is 332 g/mol. The molecule has 0 heterocycles. The van der Waals surface area contributed by atoms with Gasteiger partial charge >= 0.3 is 0 Å². The topological polar surface area (TPSA) is 81.5 Å². The molecule has 0 saturated carbocycles. The minimum Gasteiger partial charge on any atom is -0.497 e. The smallest absolute Gasteiger partial charge is 0.292 e. The number of nitrogens with zero attached hydrogens (tertiary/aromatic N) is 1. The maximum atomic E-state index is 12.2. The Labute approximate surface area is 138 Å². The third-order valence-corrected chi connectivity index (χ3v) is 4.21. The summed E-state index contributed by atoms with van der Waals surface area (Å²) in [5.41, 5.74) is 0.0761. The van der Waals surface area contributed by atoms with Crippen molar-refractivity contribution in [3.63, 3.8) is 0 Å². The van der Waals surface area contributed by atoms with Gasteiger partial charge in [-0.1, -0.05) is 12.1 Å². The number of rotatable bonds is 6. The lowest BCUT2D eigenvalue weighted by Gasteiger charge is -2.12. The van der Waals surface area contributed by atoms with Crippen LogP contribution in [-0.4, -0.2) is 23.2 Å². The molecule has 1 amide bonds. The number of anilines is 1. The second kappa shape index (κ2) is 7.64. The molecule has 23 heavy (non-hydrogen) atoms. The van der Waals surface area contributed by atoms with Gasteiger partial charge in [-0.3, -0.25) is 14.9 Å². The molecule has 1 N–H and O–H groups in total. The number of benzene rings is 2. The van der Waals surface area contributed by atoms with E-state index >= 15 is 0 Å². The van der Waals surface area contributed by atoms with Crippen LogP contribution in [0, 0.1) is 10.1 Å². The van der Waals surface area contributed by atoms with E-state index in [0.717, 1.165) is 10.6 Å². The number of nitro benzene ring substituents is 1. The number of nitro groups is 1. The Bertz CT molecular complexity index is 703. The molecule has 0 bridgehead atoms. The summed E-state index contributed by atoms with van der Waals surface area (Å²) in [5, 5.41) is 13.2. The van der Waals surface area contributed by atoms with Crippen molar-refractivity contribution in [3.8, 4) is 5.75 Å². The van der Waals surface area contributed by atoms with Crippen molar-refractivity contribution < 1.29 is 14.5 Å². The zero-order chi connectivity index (χ0) is 16.8. The fourth-order valence-corrected chi connectivity index (χ4v) is 2.75. The molecule has 0 spiro atoms. The molecule has 0 aliphatic carbocycles. The first-order valence-electron chi connectivity index (χ1n) is 6.86. The summed E-state index contributed by atoms with van der Waals surface area (Å²) in [6.07, 6.45) is 0. The Morgan fingerprint density at radius 1 is 1.22 bits per heavy atom. The number of hydrogen-bond acceptors (Lipinski definition) is 5. The van der Waals surface area contributed by atoms with Crippen LogP contribution in [0.4, 0.5) is 11.4 Å². The molecule has 2 aromatic carbocycles. The quantitative estimate of drug-likeness (QED) is 0.495. The van der Waals surface area contributed by atoms with Crippen LogP contribution in [-0.2, 0) is 4.79 Å². The van der Waals surface area contributed by atoms with Crippen molar-refractivity contribution in [2.45, 2.75) is 17.1 Å². The van der Waals surface area contributed by atoms with Crippen molar-refractivity contribution in [2.75, 3.05) is 12.4 Å². The molecule has 2 aromatic rings. The summed E-state index contributed by atoms with van der Waals surface area (Å²) >= 11 is 1.37. The van der Waals surface area contributed by atoms with Crippen LogP contribution >= 0.6 is 11.8 Å². The SMILES string of the molecule is COc1ccc(S[C@H](C)C(=O)Nc2ccccc2[N+](=O)[O-])cc1. The number of amides is 1. The van der Waals surface area contributed by atoms with Gasteiger partial charge in [-0.25, -0.2) is 0 Å². The molecular formula is C16H16N2O4S. The third-order valence-electron chi connectivity index (χ3n) is 3.10. The molecule has 1 atom stereocenters. The number of para-hydroxylation sites is 2. The normalized spacial score (nSPS) is 11.6. The fourth-order valence-electron chi connectivity index (χ4n) is 1.88. The highest BCUT2D eigenvalue weighted by Crippen LogP contribution is 2.28. The van der Waals surface area contributed by atoms with Crippen molar-refractivity contribution in [1.82, 2.24) is 0 Å². The van der Waals surface area contributed by atoms with E-state index in [-0.39, 0.29) is 17.3 Å². The summed E-state index contributed by atoms with van der Waals surface area (Å²) < 4.78 is 5.08. The van der Waals surface area contributed by atoms with Gasteiger partial charge in [0.05, 0.1) is 17.3 Å². The Morgan fingerprint density at radius 2 is 1.87 bits per heavy atom. The van der Waals surface area contributed by atoms with E-state index in [1.807, 2.05) is 24.3 Å². The zero-order valence-corrected chi connectivity index (χ0v) is 13.5. The second-order valence-corrected chi connectivity index (χ2v) is 6.11. The minimum atomic E-state index is -0.517. The molecule has 7 heteroatoms. The number of nitrogens with one attached hydrogen (secondary N) is 1. The zero-order valence-electron chi connectivity index (χ0n) is 12.7. The Morgan fingerprint density at radius 3 is 2.48 bits per heavy atom. The summed E-state index contributed by atoms with van der Waals surface area (Å²) in [7, 11) is 1.59. The van der Waals surface area contributed by atoms with E-state index in [2.05, 4.69) is 5.32 Å². The summed E-state index contributed by atoms with van der Waals surface area (Å²) in [5.74, 6) is 0.450. The number of carbonyl (C=O) groups is 1. The van der Waals surface area contributed by atoms with E-state index in [0.29, 0.717) is 0 Å². The van der Waals surface area contributed by atoms with Gasteiger partial charge in [0.2, 0.25) is 5.91 Å². The standard InChI is InChI=1S/C16H16N2O4S/c1-11(23-13-9-7-12(22-2)8-10-13)16(19)17-14-5-3-4-6-15(14)18(20)21/h3-11H,1-2H3,(H,17,19)/t11-/m1/s1. The number of ether oxygens (including phenoxy) is 1. The molecule has 0 aliphatic heterocycles. The van der Waals surface area contributed by atoms with E-state index < -0.39 is 10.2 Å². The highest BCUT2D eigenvalue weighted by atomic mass is 32.2. The van der Waals surface area contributed by atoms with Crippen molar-refractivity contribution in [2.24, 2.45) is 0 Å². The number of hydrogen-bond donors (Lipinski definition) is 1. The predicted octanol–water partition coefficient (Wildman–Crippen LogP) is 3.72. The van der Waals surface area contributed by atoms with Crippen molar-refractivity contribution in [3.05, 3.63) is 58.6 Å². The number of thioether (sulfide) groups is 1. The van der Waals surface area contributed by atoms with Crippen LogP contribution in [0.2, 0.25) is 0 Å². The first-order chi connectivity index (χ1) is 11.0. The molecule has 2 rings (SSSR count). The molecule has 6 nitrogen and oxygen atoms in total. The van der Waals surface area contributed by atoms with E-state index in [4.69, 9.17) is 4.74 Å². The number of methoxy groups -OCH3 is 1. The molecule has 0 aliphatic rings. The van der Waals surface area contributed by atoms with Gasteiger partial charge in [0.1, 0.15) is 11.4 Å². The van der Waals surface area contributed by atoms with Gasteiger partial charge < -0.3 is 10.1 Å². The van der Waals surface area contributed by atoms with Gasteiger partial charge in [0.25, 0.3) is 5.69 Å². The molecule has 120 valence electrons. The largest absolute Gasteiger partial charge is 0.497 e. The molecular weight excluding hydrogens is 316 g/mol. The van der Waals surface area contributed by atoms with E-state index in [1.54, 1.807) is 26.2 Å². The van der Waals surface area contributed by atoms with Crippen LogP contribution in [0.25, 0.3) is 0 Å². The lowest BCUT2D eigenvalue weighted by atomic mass is 10.2. The maximum absolute atomic E-state index is 12.2. The van der Waals surface area contributed by atoms with Gasteiger partial charge in [-0.2, -0.15) is 0 Å². The van der Waals surface area contributed by atoms with Crippen LogP contribution < -0.4 is 10.1 Å². The van der Waals surface area contributed by atoms with Gasteiger partial charge in [0.15, 0.2) is 0 Å². The maximum Gasteiger partial charge on any atom is 0.292 e. The Kier molecular flexibility index (Phi) is 5.59. The molecule has 0 radical (unpaired) electrons. The summed E-state index contributed by atoms with van der Waals surface area (Å²) in [6, 6.07) is 13.4. The highest BCUT2D eigenvalue weighted by Gasteiger charge is 2.19. The average Bonchev–Trinajstić information content (AvgIpc) is 2.55. The lowest BCUT2D eigenvalue weighted by molar-refractivity contribution is -0.383. The van der Waals surface area contributed by atoms with E-state index in [9.17, 15) is 14.9 Å². The molecule has 0 saturated heterocycles. The first kappa shape index (κ1) is 16.8. The minimum absolute atomic E-state index is 0.123. The third kappa shape index (κ3) is 4.46. The summed E-state index contributed by atoms with van der Waals surface area (Å²) in [4.78, 5) is 23.6. The Balaban J connectivity index is 2.04. The number of carbonyl (C=O) groups excluding carboxylic acids is 1. The van der Waals surface area contributed by atoms with Gasteiger partial charge in [0, 0.05) is 11.0 Å². The molecule has 0 unspecified atom stereocenters. The van der Waals surface area contributed by atoms with Crippen LogP contribution in [0.1, 0.15) is 6.92 Å². The molecule has 0 fully saturated rings. The first-order valence-corrected chi connectivity index (χ1v) is 7.74. The van der Waals surface area contributed by atoms with Gasteiger partial charge in [-0.15, -0.1) is 11.8 Å². The van der Waals surface area contributed by atoms with Gasteiger partial charge in [-0.05, 0) is 37.3 Å². The van der Waals surface area contributed by atoms with E-state index in [1.165, 1.54) is 23.9 Å². The molecule has 0 aromatic heterocycles. The van der Waals surface area contributed by atoms with Crippen LogP contribution in [0.15, 0.2) is 53.4 Å². The van der Waals surface area contributed by atoms with Crippen LogP contribution in [0.3, 0.4) is 0 Å². The predicted molar refractivity (Wildman–Crippen MR) is 90.0 cm³/mol. The highest BCUT2D eigenvalue weighted by molar-refractivity contribution is 8.00.